The maximum Gasteiger partial charge on any atom is 0.229 e. The van der Waals surface area contributed by atoms with Crippen LogP contribution < -0.4 is 10.6 Å². The number of anilines is 3. The molecule has 1 aliphatic heterocycles. The average Bonchev–Trinajstić information content (AvgIpc) is 3.26. The van der Waals surface area contributed by atoms with Crippen LogP contribution in [-0.4, -0.2) is 34.5 Å². The lowest BCUT2D eigenvalue weighted by molar-refractivity contribution is 0.331. The summed E-state index contributed by atoms with van der Waals surface area (Å²) in [5.41, 5.74) is 3.64. The van der Waals surface area contributed by atoms with E-state index in [0.717, 1.165) is 35.5 Å². The van der Waals surface area contributed by atoms with Crippen LogP contribution in [0.1, 0.15) is 24.0 Å². The smallest absolute Gasteiger partial charge is 0.229 e. The fraction of sp³-hybridized carbons (Fsp3) is 0.304. The molecular formula is C23H26BrN5. The van der Waals surface area contributed by atoms with E-state index >= 15 is 0 Å². The molecule has 6 heteroatoms. The van der Waals surface area contributed by atoms with E-state index in [1.54, 1.807) is 6.20 Å². The van der Waals surface area contributed by atoms with Crippen LogP contribution in [0.4, 0.5) is 17.5 Å². The molecular weight excluding hydrogens is 426 g/mol. The lowest BCUT2D eigenvalue weighted by atomic mass is 10.1. The van der Waals surface area contributed by atoms with Crippen molar-refractivity contribution in [1.82, 2.24) is 14.9 Å². The zero-order valence-electron chi connectivity index (χ0n) is 16.4. The predicted octanol–water partition coefficient (Wildman–Crippen LogP) is 5.23. The Morgan fingerprint density at radius 1 is 0.931 bits per heavy atom. The van der Waals surface area contributed by atoms with Crippen molar-refractivity contribution in [2.24, 2.45) is 0 Å². The fourth-order valence-corrected chi connectivity index (χ4v) is 3.87. The first kappa shape index (κ1) is 19.9. The second kappa shape index (κ2) is 9.85. The van der Waals surface area contributed by atoms with Crippen LogP contribution in [0.25, 0.3) is 0 Å². The molecule has 0 bridgehead atoms. The minimum Gasteiger partial charge on any atom is -0.369 e. The van der Waals surface area contributed by atoms with Crippen LogP contribution in [0.15, 0.2) is 65.3 Å². The highest BCUT2D eigenvalue weighted by Gasteiger charge is 2.11. The van der Waals surface area contributed by atoms with Crippen molar-refractivity contribution in [3.63, 3.8) is 0 Å². The topological polar surface area (TPSA) is 53.1 Å². The Morgan fingerprint density at radius 2 is 1.69 bits per heavy atom. The first-order chi connectivity index (χ1) is 14.3. The van der Waals surface area contributed by atoms with Crippen molar-refractivity contribution in [2.75, 3.05) is 30.3 Å². The molecule has 1 saturated heterocycles. The van der Waals surface area contributed by atoms with E-state index in [0.29, 0.717) is 5.95 Å². The van der Waals surface area contributed by atoms with Crippen LogP contribution in [0.2, 0.25) is 0 Å². The van der Waals surface area contributed by atoms with Gasteiger partial charge in [-0.05, 0) is 71.5 Å². The number of nitrogens with one attached hydrogen (secondary N) is 2. The van der Waals surface area contributed by atoms with Crippen LogP contribution in [-0.2, 0) is 13.0 Å². The third kappa shape index (κ3) is 5.78. The highest BCUT2D eigenvalue weighted by Crippen LogP contribution is 2.22. The zero-order valence-corrected chi connectivity index (χ0v) is 18.0. The summed E-state index contributed by atoms with van der Waals surface area (Å²) in [6.07, 6.45) is 5.37. The number of aromatic nitrogens is 2. The molecule has 3 aromatic rings. The molecule has 1 aromatic heterocycles. The quantitative estimate of drug-likeness (QED) is 0.490. The van der Waals surface area contributed by atoms with Gasteiger partial charge in [-0.2, -0.15) is 4.98 Å². The van der Waals surface area contributed by atoms with Gasteiger partial charge in [0.2, 0.25) is 5.95 Å². The summed E-state index contributed by atoms with van der Waals surface area (Å²) in [6.45, 7) is 4.27. The van der Waals surface area contributed by atoms with E-state index < -0.39 is 0 Å². The molecule has 5 nitrogen and oxygen atoms in total. The molecule has 29 heavy (non-hydrogen) atoms. The molecule has 2 aromatic carbocycles. The molecule has 150 valence electrons. The molecule has 0 amide bonds. The molecule has 1 aliphatic rings. The van der Waals surface area contributed by atoms with E-state index in [2.05, 4.69) is 90.0 Å². The summed E-state index contributed by atoms with van der Waals surface area (Å²) >= 11 is 3.53. The van der Waals surface area contributed by atoms with E-state index in [1.807, 2.05) is 6.07 Å². The molecule has 0 aliphatic carbocycles. The molecule has 0 radical (unpaired) electrons. The van der Waals surface area contributed by atoms with Crippen molar-refractivity contribution in [1.29, 1.82) is 0 Å². The Labute approximate surface area is 180 Å². The third-order valence-electron chi connectivity index (χ3n) is 5.11. The second-order valence-corrected chi connectivity index (χ2v) is 8.21. The van der Waals surface area contributed by atoms with Gasteiger partial charge in [-0.1, -0.05) is 42.5 Å². The number of hydrogen-bond donors (Lipinski definition) is 2. The molecule has 0 atom stereocenters. The van der Waals surface area contributed by atoms with Gasteiger partial charge in [0.05, 0.1) is 4.47 Å². The van der Waals surface area contributed by atoms with Crippen LogP contribution >= 0.6 is 15.9 Å². The first-order valence-corrected chi connectivity index (χ1v) is 10.9. The minimum absolute atomic E-state index is 0.586. The summed E-state index contributed by atoms with van der Waals surface area (Å²) in [4.78, 5) is 11.5. The van der Waals surface area contributed by atoms with E-state index in [1.165, 1.54) is 37.1 Å². The SMILES string of the molecule is Brc1cnc(Nc2ccc(CN3CCCC3)cc2)nc1NCCc1ccccc1. The zero-order chi connectivity index (χ0) is 19.9. The van der Waals surface area contributed by atoms with Crippen molar-refractivity contribution < 1.29 is 0 Å². The maximum atomic E-state index is 4.62. The molecule has 0 unspecified atom stereocenters. The first-order valence-electron chi connectivity index (χ1n) is 10.1. The van der Waals surface area contributed by atoms with Crippen LogP contribution in [0, 0.1) is 0 Å². The van der Waals surface area contributed by atoms with Crippen molar-refractivity contribution in [3.05, 3.63) is 76.4 Å². The maximum absolute atomic E-state index is 4.62. The molecule has 0 saturated carbocycles. The van der Waals surface area contributed by atoms with Gasteiger partial charge >= 0.3 is 0 Å². The van der Waals surface area contributed by atoms with Crippen molar-refractivity contribution in [3.8, 4) is 0 Å². The van der Waals surface area contributed by atoms with Gasteiger partial charge in [-0.3, -0.25) is 4.90 Å². The average molecular weight is 452 g/mol. The Morgan fingerprint density at radius 3 is 2.45 bits per heavy atom. The van der Waals surface area contributed by atoms with Gasteiger partial charge < -0.3 is 10.6 Å². The van der Waals surface area contributed by atoms with Gasteiger partial charge in [0, 0.05) is 25.0 Å². The number of likely N-dealkylation sites (tertiary alicyclic amines) is 1. The van der Waals surface area contributed by atoms with Gasteiger partial charge in [-0.15, -0.1) is 0 Å². The fourth-order valence-electron chi connectivity index (χ4n) is 3.54. The number of hydrogen-bond acceptors (Lipinski definition) is 5. The third-order valence-corrected chi connectivity index (χ3v) is 5.69. The number of nitrogens with zero attached hydrogens (tertiary/aromatic N) is 3. The van der Waals surface area contributed by atoms with Gasteiger partial charge in [0.1, 0.15) is 5.82 Å². The Hall–Kier alpha value is -2.44. The lowest BCUT2D eigenvalue weighted by Crippen LogP contribution is -2.18. The van der Waals surface area contributed by atoms with Crippen molar-refractivity contribution in [2.45, 2.75) is 25.8 Å². The summed E-state index contributed by atoms with van der Waals surface area (Å²) in [5.74, 6) is 1.38. The summed E-state index contributed by atoms with van der Waals surface area (Å²) < 4.78 is 0.858. The predicted molar refractivity (Wildman–Crippen MR) is 123 cm³/mol. The van der Waals surface area contributed by atoms with E-state index in [4.69, 9.17) is 0 Å². The monoisotopic (exact) mass is 451 g/mol. The van der Waals surface area contributed by atoms with E-state index in [-0.39, 0.29) is 0 Å². The standard InChI is InChI=1S/C23H26BrN5/c24-21-16-26-23(28-22(21)25-13-12-18-6-2-1-3-7-18)27-20-10-8-19(9-11-20)17-29-14-4-5-15-29/h1-3,6-11,16H,4-5,12-15,17H2,(H2,25,26,27,28). The molecule has 1 fully saturated rings. The van der Waals surface area contributed by atoms with E-state index in [9.17, 15) is 0 Å². The second-order valence-electron chi connectivity index (χ2n) is 7.36. The summed E-state index contributed by atoms with van der Waals surface area (Å²) in [7, 11) is 0. The normalized spacial score (nSPS) is 14.1. The number of rotatable bonds is 8. The van der Waals surface area contributed by atoms with Gasteiger partial charge in [0.15, 0.2) is 0 Å². The van der Waals surface area contributed by atoms with Crippen LogP contribution in [0.5, 0.6) is 0 Å². The number of benzene rings is 2. The molecule has 2 N–H and O–H groups in total. The minimum atomic E-state index is 0.586. The Bertz CT molecular complexity index is 908. The summed E-state index contributed by atoms with van der Waals surface area (Å²) in [5, 5.41) is 6.70. The Kier molecular flexibility index (Phi) is 6.75. The van der Waals surface area contributed by atoms with Crippen LogP contribution in [0.3, 0.4) is 0 Å². The molecule has 0 spiro atoms. The largest absolute Gasteiger partial charge is 0.369 e. The lowest BCUT2D eigenvalue weighted by Gasteiger charge is -2.15. The number of halogens is 1. The molecule has 2 heterocycles. The molecule has 4 rings (SSSR count). The highest BCUT2D eigenvalue weighted by atomic mass is 79.9. The van der Waals surface area contributed by atoms with Crippen molar-refractivity contribution >= 4 is 33.4 Å². The van der Waals surface area contributed by atoms with Gasteiger partial charge in [0.25, 0.3) is 0 Å². The van der Waals surface area contributed by atoms with Gasteiger partial charge in [-0.25, -0.2) is 4.98 Å². The summed E-state index contributed by atoms with van der Waals surface area (Å²) in [6, 6.07) is 19.0. The Balaban J connectivity index is 1.34. The highest BCUT2D eigenvalue weighted by molar-refractivity contribution is 9.10.